The molecule has 2 fully saturated rings. The van der Waals surface area contributed by atoms with Crippen molar-refractivity contribution in [3.05, 3.63) is 56.4 Å². The number of carbonyl (C=O) groups is 1. The smallest absolute Gasteiger partial charge is 0.254 e. The number of nitrogens with zero attached hydrogens (tertiary/aromatic N) is 2. The fourth-order valence-corrected chi connectivity index (χ4v) is 5.89. The van der Waals surface area contributed by atoms with E-state index in [4.69, 9.17) is 27.9 Å². The first kappa shape index (κ1) is 23.1. The van der Waals surface area contributed by atoms with Gasteiger partial charge >= 0.3 is 0 Å². The molecular formula is C21H23Cl2N3O5S. The van der Waals surface area contributed by atoms with Gasteiger partial charge in [0.2, 0.25) is 15.9 Å². The Morgan fingerprint density at radius 3 is 2.44 bits per heavy atom. The van der Waals surface area contributed by atoms with Gasteiger partial charge in [-0.25, -0.2) is 13.1 Å². The highest BCUT2D eigenvalue weighted by Gasteiger charge is 2.33. The maximum absolute atomic E-state index is 12.4. The summed E-state index contributed by atoms with van der Waals surface area (Å²) in [5.74, 6) is 0.309. The summed E-state index contributed by atoms with van der Waals surface area (Å²) in [5, 5.41) is 0.0261. The van der Waals surface area contributed by atoms with Crippen LogP contribution in [0.25, 0.3) is 0 Å². The van der Waals surface area contributed by atoms with Crippen LogP contribution in [0.4, 0.5) is 0 Å². The number of sulfonamides is 1. The van der Waals surface area contributed by atoms with E-state index in [-0.39, 0.29) is 45.5 Å². The Morgan fingerprint density at radius 2 is 1.84 bits per heavy atom. The molecule has 2 heterocycles. The fraction of sp³-hybridized carbons (Fsp3) is 0.429. The lowest BCUT2D eigenvalue weighted by atomic mass is 10.1. The third-order valence-electron chi connectivity index (χ3n) is 5.47. The van der Waals surface area contributed by atoms with Crippen LogP contribution in [0.15, 0.2) is 40.0 Å². The lowest BCUT2D eigenvalue weighted by molar-refractivity contribution is -0.139. The molecule has 1 aliphatic carbocycles. The van der Waals surface area contributed by atoms with E-state index in [1.807, 2.05) is 13.0 Å². The Morgan fingerprint density at radius 1 is 1.19 bits per heavy atom. The van der Waals surface area contributed by atoms with E-state index in [9.17, 15) is 18.0 Å². The largest absolute Gasteiger partial charge is 0.486 e. The van der Waals surface area contributed by atoms with Gasteiger partial charge in [-0.1, -0.05) is 29.3 Å². The molecule has 0 spiro atoms. The molecule has 2 aliphatic rings. The van der Waals surface area contributed by atoms with Crippen molar-refractivity contribution in [1.82, 2.24) is 14.2 Å². The summed E-state index contributed by atoms with van der Waals surface area (Å²) in [6.45, 7) is 2.57. The minimum absolute atomic E-state index is 0.00936. The van der Waals surface area contributed by atoms with Crippen molar-refractivity contribution in [3.8, 4) is 5.75 Å². The van der Waals surface area contributed by atoms with Crippen molar-refractivity contribution in [2.24, 2.45) is 0 Å². The molecule has 4 rings (SSSR count). The van der Waals surface area contributed by atoms with Crippen molar-refractivity contribution < 1.29 is 17.9 Å². The topological polar surface area (TPSA) is 97.7 Å². The molecule has 1 saturated carbocycles. The summed E-state index contributed by atoms with van der Waals surface area (Å²) < 4.78 is 34.9. The number of hydrogen-bond acceptors (Lipinski definition) is 5. The second kappa shape index (κ2) is 9.05. The van der Waals surface area contributed by atoms with Gasteiger partial charge in [-0.15, -0.1) is 0 Å². The van der Waals surface area contributed by atoms with Crippen molar-refractivity contribution in [2.75, 3.05) is 19.6 Å². The Kier molecular flexibility index (Phi) is 6.53. The van der Waals surface area contributed by atoms with Gasteiger partial charge in [-0.05, 0) is 38.0 Å². The van der Waals surface area contributed by atoms with Crippen molar-refractivity contribution in [1.29, 1.82) is 0 Å². The molecule has 172 valence electrons. The molecule has 0 radical (unpaired) electrons. The number of aryl methyl sites for hydroxylation is 1. The van der Waals surface area contributed by atoms with Crippen LogP contribution in [-0.4, -0.2) is 49.5 Å². The zero-order valence-corrected chi connectivity index (χ0v) is 19.7. The van der Waals surface area contributed by atoms with E-state index in [0.717, 1.165) is 18.5 Å². The molecule has 0 atom stereocenters. The van der Waals surface area contributed by atoms with Gasteiger partial charge in [-0.3, -0.25) is 9.59 Å². The van der Waals surface area contributed by atoms with Gasteiger partial charge in [-0.2, -0.15) is 0 Å². The summed E-state index contributed by atoms with van der Waals surface area (Å²) in [6, 6.07) is 8.06. The van der Waals surface area contributed by atoms with Crippen LogP contribution < -0.4 is 15.0 Å². The van der Waals surface area contributed by atoms with Crippen LogP contribution in [0.3, 0.4) is 0 Å². The van der Waals surface area contributed by atoms with E-state index in [0.29, 0.717) is 24.9 Å². The minimum atomic E-state index is -3.94. The molecule has 2 aromatic rings. The molecule has 8 nitrogen and oxygen atoms in total. The van der Waals surface area contributed by atoms with Gasteiger partial charge in [0.25, 0.3) is 5.56 Å². The van der Waals surface area contributed by atoms with E-state index in [1.54, 1.807) is 15.5 Å². The monoisotopic (exact) mass is 499 g/mol. The molecule has 1 N–H and O–H groups in total. The van der Waals surface area contributed by atoms with E-state index < -0.39 is 10.0 Å². The average Bonchev–Trinajstić information content (AvgIpc) is 3.48. The number of nitrogens with one attached hydrogen (secondary N) is 1. The molecule has 1 aromatic carbocycles. The first-order valence-electron chi connectivity index (χ1n) is 10.3. The van der Waals surface area contributed by atoms with Crippen LogP contribution in [0, 0.1) is 6.92 Å². The number of benzene rings is 1. The maximum atomic E-state index is 12.4. The van der Waals surface area contributed by atoms with E-state index in [2.05, 4.69) is 4.72 Å². The number of rotatable bonds is 8. The molecule has 1 aliphatic heterocycles. The van der Waals surface area contributed by atoms with Crippen LogP contribution in [0.5, 0.6) is 5.75 Å². The summed E-state index contributed by atoms with van der Waals surface area (Å²) in [7, 11) is -3.94. The quantitative estimate of drug-likeness (QED) is 0.601. The molecule has 0 bridgehead atoms. The van der Waals surface area contributed by atoms with Gasteiger partial charge < -0.3 is 14.2 Å². The fourth-order valence-electron chi connectivity index (χ4n) is 3.72. The van der Waals surface area contributed by atoms with E-state index >= 15 is 0 Å². The first-order valence-corrected chi connectivity index (χ1v) is 12.5. The van der Waals surface area contributed by atoms with Crippen LogP contribution in [-0.2, 0) is 14.8 Å². The van der Waals surface area contributed by atoms with Gasteiger partial charge in [0.1, 0.15) is 16.7 Å². The molecule has 1 saturated heterocycles. The molecule has 11 heteroatoms. The highest BCUT2D eigenvalue weighted by molar-refractivity contribution is 7.89. The third-order valence-corrected chi connectivity index (χ3v) is 7.88. The summed E-state index contributed by atoms with van der Waals surface area (Å²) in [4.78, 5) is 26.0. The molecule has 0 unspecified atom stereocenters. The summed E-state index contributed by atoms with van der Waals surface area (Å²) in [6.07, 6.45) is 1.85. The number of pyridine rings is 1. The van der Waals surface area contributed by atoms with Gasteiger partial charge in [0, 0.05) is 30.8 Å². The number of hydrogen-bond donors (Lipinski definition) is 1. The molecular weight excluding hydrogens is 477 g/mol. The second-order valence-corrected chi connectivity index (χ2v) is 10.5. The summed E-state index contributed by atoms with van der Waals surface area (Å²) >= 11 is 11.9. The van der Waals surface area contributed by atoms with Crippen molar-refractivity contribution in [2.45, 2.75) is 43.2 Å². The molecule has 1 aromatic heterocycles. The predicted molar refractivity (Wildman–Crippen MR) is 121 cm³/mol. The SMILES string of the molecule is Cc1cc(OC2CN(C(=O)CCNS(=O)(=O)c3c(Cl)cccc3Cl)C2)cc(=O)n1C1CC1. The Balaban J connectivity index is 1.25. The summed E-state index contributed by atoms with van der Waals surface area (Å²) in [5.41, 5.74) is 0.800. The Bertz CT molecular complexity index is 1180. The lowest BCUT2D eigenvalue weighted by Crippen LogP contribution is -2.56. The predicted octanol–water partition coefficient (Wildman–Crippen LogP) is 2.76. The van der Waals surface area contributed by atoms with E-state index in [1.165, 1.54) is 18.2 Å². The van der Waals surface area contributed by atoms with Crippen LogP contribution >= 0.6 is 23.2 Å². The number of halogens is 2. The highest BCUT2D eigenvalue weighted by atomic mass is 35.5. The van der Waals surface area contributed by atoms with Crippen LogP contribution in [0.1, 0.15) is 31.0 Å². The minimum Gasteiger partial charge on any atom is -0.486 e. The number of likely N-dealkylation sites (tertiary alicyclic amines) is 1. The third kappa shape index (κ3) is 4.96. The second-order valence-electron chi connectivity index (χ2n) is 8.01. The number of aromatic nitrogens is 1. The Hall–Kier alpha value is -2.07. The number of carbonyl (C=O) groups excluding carboxylic acids is 1. The first-order chi connectivity index (χ1) is 15.2. The average molecular weight is 500 g/mol. The van der Waals surface area contributed by atoms with Crippen molar-refractivity contribution >= 4 is 39.1 Å². The maximum Gasteiger partial charge on any atom is 0.254 e. The lowest BCUT2D eigenvalue weighted by Gasteiger charge is -2.39. The van der Waals surface area contributed by atoms with Gasteiger partial charge in [0.15, 0.2) is 0 Å². The number of amides is 1. The molecule has 32 heavy (non-hydrogen) atoms. The zero-order chi connectivity index (χ0) is 23.0. The highest BCUT2D eigenvalue weighted by Crippen LogP contribution is 2.35. The standard InChI is InChI=1S/C21H23Cl2N3O5S/c1-13-9-15(10-20(28)26(13)14-5-6-14)31-16-11-25(12-16)19(27)7-8-24-32(29,30)21-17(22)3-2-4-18(21)23/h2-4,9-10,14,16,24H,5-8,11-12H2,1H3. The Labute approximate surface area is 196 Å². The zero-order valence-electron chi connectivity index (χ0n) is 17.4. The normalized spacial score (nSPS) is 16.7. The van der Waals surface area contributed by atoms with Crippen LogP contribution in [0.2, 0.25) is 10.0 Å². The van der Waals surface area contributed by atoms with Crippen molar-refractivity contribution in [3.63, 3.8) is 0 Å². The van der Waals surface area contributed by atoms with Gasteiger partial charge in [0.05, 0.1) is 23.1 Å². The molecule has 1 amide bonds. The number of ether oxygens (including phenoxy) is 1.